The molecule has 208 valence electrons. The largest absolute Gasteiger partial charge is 0.452 e. The van der Waals surface area contributed by atoms with Crippen molar-refractivity contribution < 1.29 is 19.1 Å². The van der Waals surface area contributed by atoms with E-state index in [9.17, 15) is 19.2 Å². The van der Waals surface area contributed by atoms with E-state index in [0.29, 0.717) is 28.5 Å². The van der Waals surface area contributed by atoms with Crippen molar-refractivity contribution in [2.24, 2.45) is 0 Å². The Morgan fingerprint density at radius 2 is 1.77 bits per heavy atom. The molecule has 0 radical (unpaired) electrons. The van der Waals surface area contributed by atoms with E-state index in [0.717, 1.165) is 16.2 Å². The number of carbonyl (C=O) groups is 2. The highest BCUT2D eigenvalue weighted by molar-refractivity contribution is 6.06. The van der Waals surface area contributed by atoms with Crippen LogP contribution in [0, 0.1) is 6.92 Å². The summed E-state index contributed by atoms with van der Waals surface area (Å²) in [5, 5.41) is 0.611. The van der Waals surface area contributed by atoms with E-state index in [1.807, 2.05) is 37.3 Å². The van der Waals surface area contributed by atoms with Gasteiger partial charge >= 0.3 is 11.7 Å². The van der Waals surface area contributed by atoms with Gasteiger partial charge in [0.15, 0.2) is 12.3 Å². The number of methoxy groups -OCH3 is 1. The van der Waals surface area contributed by atoms with E-state index in [1.165, 1.54) is 11.7 Å². The van der Waals surface area contributed by atoms with Gasteiger partial charge in [0, 0.05) is 24.7 Å². The lowest BCUT2D eigenvalue weighted by Crippen LogP contribution is -2.44. The summed E-state index contributed by atoms with van der Waals surface area (Å²) in [5.74, 6) is -1.60. The number of rotatable bonds is 10. The molecule has 11 nitrogen and oxygen atoms in total. The molecule has 3 N–H and O–H groups in total. The van der Waals surface area contributed by atoms with Gasteiger partial charge in [-0.3, -0.25) is 29.0 Å². The first-order valence-corrected chi connectivity index (χ1v) is 12.8. The van der Waals surface area contributed by atoms with Crippen LogP contribution in [0.15, 0.2) is 64.2 Å². The summed E-state index contributed by atoms with van der Waals surface area (Å²) in [6.07, 6.45) is 0.613. The fourth-order valence-corrected chi connectivity index (χ4v) is 4.55. The molecule has 2 aromatic heterocycles. The molecule has 0 aliphatic heterocycles. The van der Waals surface area contributed by atoms with Gasteiger partial charge in [-0.15, -0.1) is 0 Å². The zero-order valence-corrected chi connectivity index (χ0v) is 22.6. The zero-order chi connectivity index (χ0) is 28.8. The second-order valence-corrected chi connectivity index (χ2v) is 9.11. The number of ether oxygens (including phenoxy) is 2. The predicted octanol–water partition coefficient (Wildman–Crippen LogP) is 2.42. The molecule has 0 spiro atoms. The average Bonchev–Trinajstić information content (AvgIpc) is 2.95. The monoisotopic (exact) mass is 545 g/mol. The number of aromatic nitrogens is 3. The Hall–Kier alpha value is -4.77. The first kappa shape index (κ1) is 28.2. The number of H-pyrrole nitrogens is 1. The highest BCUT2D eigenvalue weighted by atomic mass is 16.5. The van der Waals surface area contributed by atoms with Crippen LogP contribution in [0.1, 0.15) is 34.1 Å². The topological polar surface area (TPSA) is 150 Å². The van der Waals surface area contributed by atoms with E-state index in [-0.39, 0.29) is 31.2 Å². The van der Waals surface area contributed by atoms with Crippen molar-refractivity contribution in [2.45, 2.75) is 26.8 Å². The number of nitrogens with two attached hydrogens (primary N) is 1. The molecule has 1 amide bonds. The van der Waals surface area contributed by atoms with Crippen molar-refractivity contribution >= 4 is 34.3 Å². The van der Waals surface area contributed by atoms with Crippen LogP contribution in [-0.4, -0.2) is 53.3 Å². The minimum absolute atomic E-state index is 0.0599. The third-order valence-electron chi connectivity index (χ3n) is 6.59. The third-order valence-corrected chi connectivity index (χ3v) is 6.59. The molecule has 0 fully saturated rings. The van der Waals surface area contributed by atoms with Gasteiger partial charge in [0.1, 0.15) is 5.82 Å². The zero-order valence-electron chi connectivity index (χ0n) is 22.6. The number of aryl methyl sites for hydroxylation is 1. The molecular formula is C29H31N5O6. The smallest absolute Gasteiger partial charge is 0.339 e. The summed E-state index contributed by atoms with van der Waals surface area (Å²) < 4.78 is 11.8. The molecule has 0 bridgehead atoms. The van der Waals surface area contributed by atoms with Gasteiger partial charge in [-0.2, -0.15) is 0 Å². The molecule has 0 atom stereocenters. The Kier molecular flexibility index (Phi) is 8.75. The number of nitrogen functional groups attached to an aromatic ring is 1. The molecule has 0 saturated carbocycles. The van der Waals surface area contributed by atoms with Crippen LogP contribution >= 0.6 is 0 Å². The van der Waals surface area contributed by atoms with Crippen LogP contribution in [0.2, 0.25) is 0 Å². The average molecular weight is 546 g/mol. The van der Waals surface area contributed by atoms with Crippen molar-refractivity contribution in [3.05, 3.63) is 97.8 Å². The number of hydrogen-bond acceptors (Lipinski definition) is 8. The molecule has 0 aliphatic rings. The van der Waals surface area contributed by atoms with Crippen LogP contribution in [-0.2, 0) is 27.2 Å². The number of nitrogens with zero attached hydrogens (tertiary/aromatic N) is 3. The van der Waals surface area contributed by atoms with Gasteiger partial charge in [0.05, 0.1) is 24.2 Å². The van der Waals surface area contributed by atoms with E-state index >= 15 is 0 Å². The number of benzene rings is 2. The molecule has 2 heterocycles. The van der Waals surface area contributed by atoms with Gasteiger partial charge < -0.3 is 15.2 Å². The number of aromatic amines is 1. The standard InChI is InChI=1S/C29H31N5O6/c1-4-21-18(2)24(20-12-8-9-13-22(20)31-21)28(37)40-17-23(35)33(14-15-39-3)25-26(30)34(29(38)32-27(25)36)16-19-10-6-5-7-11-19/h5-13H,4,14-17,30H2,1-3H3,(H,32,36,38). The maximum Gasteiger partial charge on any atom is 0.339 e. The van der Waals surface area contributed by atoms with Gasteiger partial charge in [-0.05, 0) is 30.5 Å². The van der Waals surface area contributed by atoms with Crippen molar-refractivity contribution in [1.29, 1.82) is 0 Å². The Bertz CT molecular complexity index is 1660. The maximum absolute atomic E-state index is 13.4. The normalized spacial score (nSPS) is 11.0. The minimum atomic E-state index is -0.842. The molecule has 0 saturated heterocycles. The van der Waals surface area contributed by atoms with Crippen LogP contribution in [0.3, 0.4) is 0 Å². The Balaban J connectivity index is 1.65. The molecule has 40 heavy (non-hydrogen) atoms. The SMILES string of the molecule is CCc1nc2ccccc2c(C(=O)OCC(=O)N(CCOC)c2c(N)n(Cc3ccccc3)c(=O)[nH]c2=O)c1C. The molecule has 4 rings (SSSR count). The summed E-state index contributed by atoms with van der Waals surface area (Å²) in [6, 6.07) is 16.3. The van der Waals surface area contributed by atoms with Crippen LogP contribution < -0.4 is 21.9 Å². The van der Waals surface area contributed by atoms with Crippen LogP contribution in [0.4, 0.5) is 11.5 Å². The summed E-state index contributed by atoms with van der Waals surface area (Å²) >= 11 is 0. The Morgan fingerprint density at radius 1 is 1.07 bits per heavy atom. The summed E-state index contributed by atoms with van der Waals surface area (Å²) in [4.78, 5) is 60.1. The van der Waals surface area contributed by atoms with Gasteiger partial charge in [-0.25, -0.2) is 9.59 Å². The van der Waals surface area contributed by atoms with Crippen LogP contribution in [0.25, 0.3) is 10.9 Å². The number of esters is 1. The molecule has 0 unspecified atom stereocenters. The molecule has 0 aliphatic carbocycles. The van der Waals surface area contributed by atoms with Crippen molar-refractivity contribution in [1.82, 2.24) is 14.5 Å². The van der Waals surface area contributed by atoms with Crippen molar-refractivity contribution in [3.8, 4) is 0 Å². The van der Waals surface area contributed by atoms with E-state index in [4.69, 9.17) is 15.2 Å². The number of nitrogens with one attached hydrogen (secondary N) is 1. The summed E-state index contributed by atoms with van der Waals surface area (Å²) in [5.41, 5.74) is 7.67. The lowest BCUT2D eigenvalue weighted by molar-refractivity contribution is -0.121. The lowest BCUT2D eigenvalue weighted by Gasteiger charge is -2.24. The van der Waals surface area contributed by atoms with Gasteiger partial charge in [0.25, 0.3) is 11.5 Å². The molecular weight excluding hydrogens is 514 g/mol. The minimum Gasteiger partial charge on any atom is -0.452 e. The lowest BCUT2D eigenvalue weighted by atomic mass is 10.0. The van der Waals surface area contributed by atoms with Gasteiger partial charge in [-0.1, -0.05) is 55.5 Å². The predicted molar refractivity (Wildman–Crippen MR) is 152 cm³/mol. The van der Waals surface area contributed by atoms with E-state index in [2.05, 4.69) is 9.97 Å². The molecule has 11 heteroatoms. The van der Waals surface area contributed by atoms with Crippen molar-refractivity contribution in [2.75, 3.05) is 37.5 Å². The number of anilines is 2. The highest BCUT2D eigenvalue weighted by Crippen LogP contribution is 2.25. The number of amides is 1. The van der Waals surface area contributed by atoms with Gasteiger partial charge in [0.2, 0.25) is 0 Å². The summed E-state index contributed by atoms with van der Waals surface area (Å²) in [6.45, 7) is 3.13. The number of para-hydroxylation sites is 1. The first-order chi connectivity index (χ1) is 19.3. The fraction of sp³-hybridized carbons (Fsp3) is 0.276. The first-order valence-electron chi connectivity index (χ1n) is 12.8. The second kappa shape index (κ2) is 12.4. The summed E-state index contributed by atoms with van der Waals surface area (Å²) in [7, 11) is 1.44. The fourth-order valence-electron chi connectivity index (χ4n) is 4.55. The molecule has 2 aromatic carbocycles. The third kappa shape index (κ3) is 5.79. The number of pyridine rings is 1. The second-order valence-electron chi connectivity index (χ2n) is 9.11. The highest BCUT2D eigenvalue weighted by Gasteiger charge is 2.26. The van der Waals surface area contributed by atoms with E-state index < -0.39 is 29.7 Å². The van der Waals surface area contributed by atoms with Crippen molar-refractivity contribution in [3.63, 3.8) is 0 Å². The van der Waals surface area contributed by atoms with E-state index in [1.54, 1.807) is 31.2 Å². The maximum atomic E-state index is 13.4. The quantitative estimate of drug-likeness (QED) is 0.289. The molecule has 4 aromatic rings. The Labute approximate surface area is 230 Å². The Morgan fingerprint density at radius 3 is 2.48 bits per heavy atom. The number of hydrogen-bond donors (Lipinski definition) is 2. The number of fused-ring (bicyclic) bond motifs is 1. The van der Waals surface area contributed by atoms with Crippen LogP contribution in [0.5, 0.6) is 0 Å². The number of carbonyl (C=O) groups excluding carboxylic acids is 2.